The number of carbonyl (C=O) groups excluding carboxylic acids is 1. The fourth-order valence-corrected chi connectivity index (χ4v) is 3.86. The number of fused-ring (bicyclic) bond motifs is 1. The topological polar surface area (TPSA) is 116 Å². The number of rotatable bonds is 4. The van der Waals surface area contributed by atoms with E-state index < -0.39 is 0 Å². The molecule has 4 heterocycles. The van der Waals surface area contributed by atoms with Gasteiger partial charge in [0.15, 0.2) is 17.3 Å². The molecule has 0 saturated carbocycles. The van der Waals surface area contributed by atoms with Crippen molar-refractivity contribution in [3.63, 3.8) is 0 Å². The van der Waals surface area contributed by atoms with Gasteiger partial charge in [-0.25, -0.2) is 9.97 Å². The van der Waals surface area contributed by atoms with Crippen LogP contribution in [0.3, 0.4) is 0 Å². The van der Waals surface area contributed by atoms with Gasteiger partial charge < -0.3 is 24.2 Å². The number of hydrogen-bond donors (Lipinski definition) is 1. The third-order valence-electron chi connectivity index (χ3n) is 5.38. The SMILES string of the molecule is Cc1noc(-c2cnc(C)nc2N2CCCC(C(=O)Nc3ccc4c(c3)OCO4)C2)n1. The molecule has 0 aliphatic carbocycles. The number of aryl methyl sites for hydroxylation is 2. The Labute approximate surface area is 178 Å². The lowest BCUT2D eigenvalue weighted by Crippen LogP contribution is -2.41. The van der Waals surface area contributed by atoms with Crippen molar-refractivity contribution < 1.29 is 18.8 Å². The quantitative estimate of drug-likeness (QED) is 0.677. The first-order valence-electron chi connectivity index (χ1n) is 10.2. The highest BCUT2D eigenvalue weighted by molar-refractivity contribution is 5.93. The van der Waals surface area contributed by atoms with Crippen molar-refractivity contribution in [3.05, 3.63) is 36.0 Å². The van der Waals surface area contributed by atoms with E-state index in [4.69, 9.17) is 14.0 Å². The van der Waals surface area contributed by atoms with Crippen molar-refractivity contribution in [1.29, 1.82) is 0 Å². The molecule has 2 aromatic heterocycles. The van der Waals surface area contributed by atoms with E-state index in [1.165, 1.54) is 0 Å². The van der Waals surface area contributed by atoms with E-state index in [1.54, 1.807) is 25.3 Å². The maximum atomic E-state index is 13.0. The largest absolute Gasteiger partial charge is 0.454 e. The first-order valence-corrected chi connectivity index (χ1v) is 10.2. The maximum absolute atomic E-state index is 13.0. The molecule has 2 aliphatic heterocycles. The monoisotopic (exact) mass is 422 g/mol. The second-order valence-electron chi connectivity index (χ2n) is 7.64. The average Bonchev–Trinajstić information content (AvgIpc) is 3.42. The Morgan fingerprint density at radius 3 is 2.87 bits per heavy atom. The summed E-state index contributed by atoms with van der Waals surface area (Å²) < 4.78 is 16.1. The van der Waals surface area contributed by atoms with Gasteiger partial charge in [-0.15, -0.1) is 0 Å². The lowest BCUT2D eigenvalue weighted by Gasteiger charge is -2.33. The number of anilines is 2. The number of nitrogens with one attached hydrogen (secondary N) is 1. The van der Waals surface area contributed by atoms with Gasteiger partial charge in [0.05, 0.1) is 5.92 Å². The van der Waals surface area contributed by atoms with Gasteiger partial charge in [0.1, 0.15) is 17.2 Å². The molecule has 3 aromatic rings. The predicted octanol–water partition coefficient (Wildman–Crippen LogP) is 2.73. The summed E-state index contributed by atoms with van der Waals surface area (Å²) in [4.78, 5) is 28.3. The molecule has 1 atom stereocenters. The molecule has 10 heteroatoms. The van der Waals surface area contributed by atoms with Gasteiger partial charge in [-0.1, -0.05) is 5.16 Å². The molecular weight excluding hydrogens is 400 g/mol. The number of piperidine rings is 1. The van der Waals surface area contributed by atoms with Crippen molar-refractivity contribution in [2.24, 2.45) is 5.92 Å². The first-order chi connectivity index (χ1) is 15.1. The summed E-state index contributed by atoms with van der Waals surface area (Å²) in [6.07, 6.45) is 3.36. The van der Waals surface area contributed by atoms with Crippen molar-refractivity contribution in [1.82, 2.24) is 20.1 Å². The number of ether oxygens (including phenoxy) is 2. The molecule has 0 radical (unpaired) electrons. The smallest absolute Gasteiger partial charge is 0.263 e. The molecule has 10 nitrogen and oxygen atoms in total. The number of hydrogen-bond acceptors (Lipinski definition) is 9. The van der Waals surface area contributed by atoms with Crippen LogP contribution in [-0.4, -0.2) is 45.9 Å². The molecule has 1 N–H and O–H groups in total. The molecule has 31 heavy (non-hydrogen) atoms. The van der Waals surface area contributed by atoms with Crippen molar-refractivity contribution in [2.75, 3.05) is 30.1 Å². The molecule has 2 aliphatic rings. The van der Waals surface area contributed by atoms with Gasteiger partial charge in [-0.05, 0) is 38.8 Å². The Morgan fingerprint density at radius 2 is 2.03 bits per heavy atom. The molecule has 5 rings (SSSR count). The van der Waals surface area contributed by atoms with Crippen LogP contribution in [0.5, 0.6) is 11.5 Å². The number of aromatic nitrogens is 4. The molecular formula is C21H22N6O4. The highest BCUT2D eigenvalue weighted by atomic mass is 16.7. The minimum absolute atomic E-state index is 0.0375. The summed E-state index contributed by atoms with van der Waals surface area (Å²) in [6.45, 7) is 5.11. The van der Waals surface area contributed by atoms with Crippen LogP contribution in [0.15, 0.2) is 28.9 Å². The summed E-state index contributed by atoms with van der Waals surface area (Å²) >= 11 is 0. The van der Waals surface area contributed by atoms with Crippen LogP contribution in [0, 0.1) is 19.8 Å². The van der Waals surface area contributed by atoms with E-state index in [1.807, 2.05) is 13.0 Å². The molecule has 0 spiro atoms. The van der Waals surface area contributed by atoms with Gasteiger partial charge in [-0.3, -0.25) is 4.79 Å². The van der Waals surface area contributed by atoms with Crippen molar-refractivity contribution in [3.8, 4) is 23.0 Å². The zero-order valence-corrected chi connectivity index (χ0v) is 17.3. The molecule has 160 valence electrons. The molecule has 1 unspecified atom stereocenters. The van der Waals surface area contributed by atoms with E-state index in [-0.39, 0.29) is 18.6 Å². The fourth-order valence-electron chi connectivity index (χ4n) is 3.86. The lowest BCUT2D eigenvalue weighted by atomic mass is 9.96. The second kappa shape index (κ2) is 7.86. The predicted molar refractivity (Wildman–Crippen MR) is 111 cm³/mol. The Morgan fingerprint density at radius 1 is 1.16 bits per heavy atom. The summed E-state index contributed by atoms with van der Waals surface area (Å²) in [5, 5.41) is 6.87. The van der Waals surface area contributed by atoms with E-state index >= 15 is 0 Å². The van der Waals surface area contributed by atoms with Crippen molar-refractivity contribution in [2.45, 2.75) is 26.7 Å². The van der Waals surface area contributed by atoms with E-state index in [0.717, 1.165) is 19.4 Å². The van der Waals surface area contributed by atoms with Gasteiger partial charge in [0.2, 0.25) is 12.7 Å². The summed E-state index contributed by atoms with van der Waals surface area (Å²) in [6, 6.07) is 5.40. The zero-order chi connectivity index (χ0) is 21.4. The second-order valence-corrected chi connectivity index (χ2v) is 7.64. The fraction of sp³-hybridized carbons (Fsp3) is 0.381. The molecule has 1 amide bonds. The molecule has 1 fully saturated rings. The van der Waals surface area contributed by atoms with Gasteiger partial charge >= 0.3 is 0 Å². The van der Waals surface area contributed by atoms with Crippen LogP contribution in [0.25, 0.3) is 11.5 Å². The minimum Gasteiger partial charge on any atom is -0.454 e. The van der Waals surface area contributed by atoms with Gasteiger partial charge in [-0.2, -0.15) is 4.98 Å². The van der Waals surface area contributed by atoms with E-state index in [2.05, 4.69) is 30.3 Å². The minimum atomic E-state index is -0.188. The maximum Gasteiger partial charge on any atom is 0.263 e. The normalized spacial score (nSPS) is 17.6. The molecule has 0 bridgehead atoms. The highest BCUT2D eigenvalue weighted by Crippen LogP contribution is 2.35. The van der Waals surface area contributed by atoms with Crippen LogP contribution >= 0.6 is 0 Å². The standard InChI is InChI=1S/C21H22N6O4/c1-12-22-9-16(21-24-13(2)26-31-21)19(23-12)27-7-3-4-14(10-27)20(28)25-15-5-6-17-18(8-15)30-11-29-17/h5-6,8-9,14H,3-4,7,10-11H2,1-2H3,(H,25,28). The Hall–Kier alpha value is -3.69. The summed E-state index contributed by atoms with van der Waals surface area (Å²) in [7, 11) is 0. The average molecular weight is 422 g/mol. The van der Waals surface area contributed by atoms with Crippen LogP contribution < -0.4 is 19.7 Å². The number of benzene rings is 1. The Bertz CT molecular complexity index is 1130. The first kappa shape index (κ1) is 19.3. The van der Waals surface area contributed by atoms with Crippen LogP contribution in [0.1, 0.15) is 24.5 Å². The van der Waals surface area contributed by atoms with Gasteiger partial charge in [0, 0.05) is 31.0 Å². The molecule has 1 saturated heterocycles. The number of amides is 1. The highest BCUT2D eigenvalue weighted by Gasteiger charge is 2.29. The zero-order valence-electron chi connectivity index (χ0n) is 17.3. The van der Waals surface area contributed by atoms with Crippen LogP contribution in [0.2, 0.25) is 0 Å². The van der Waals surface area contributed by atoms with Gasteiger partial charge in [0.25, 0.3) is 5.89 Å². The van der Waals surface area contributed by atoms with Crippen LogP contribution in [-0.2, 0) is 4.79 Å². The Balaban J connectivity index is 1.35. The van der Waals surface area contributed by atoms with E-state index in [0.29, 0.717) is 52.7 Å². The third kappa shape index (κ3) is 3.88. The Kier molecular flexibility index (Phi) is 4.89. The van der Waals surface area contributed by atoms with E-state index in [9.17, 15) is 4.79 Å². The van der Waals surface area contributed by atoms with Crippen LogP contribution in [0.4, 0.5) is 11.5 Å². The summed E-state index contributed by atoms with van der Waals surface area (Å²) in [5.74, 6) is 3.36. The summed E-state index contributed by atoms with van der Waals surface area (Å²) in [5.41, 5.74) is 1.36. The number of nitrogens with zero attached hydrogens (tertiary/aromatic N) is 5. The number of carbonyl (C=O) groups is 1. The van der Waals surface area contributed by atoms with Crippen molar-refractivity contribution >= 4 is 17.4 Å². The lowest BCUT2D eigenvalue weighted by molar-refractivity contribution is -0.120. The third-order valence-corrected chi connectivity index (χ3v) is 5.38. The molecule has 1 aromatic carbocycles.